The second kappa shape index (κ2) is 7.02. The number of piperazine rings is 1. The van der Waals surface area contributed by atoms with Crippen molar-refractivity contribution in [1.82, 2.24) is 19.4 Å². The molecule has 1 aromatic heterocycles. The fourth-order valence-electron chi connectivity index (χ4n) is 3.42. The molecule has 0 amide bonds. The molecule has 2 aromatic rings. The van der Waals surface area contributed by atoms with Gasteiger partial charge >= 0.3 is 0 Å². The number of aromatic nitrogens is 2. The third kappa shape index (κ3) is 3.43. The molecule has 126 valence electrons. The van der Waals surface area contributed by atoms with Gasteiger partial charge in [-0.25, -0.2) is 4.98 Å². The fourth-order valence-corrected chi connectivity index (χ4v) is 3.42. The van der Waals surface area contributed by atoms with Crippen LogP contribution in [0.1, 0.15) is 39.1 Å². The number of hydrogen-bond acceptors (Lipinski definition) is 3. The molecule has 0 radical (unpaired) electrons. The van der Waals surface area contributed by atoms with Gasteiger partial charge < -0.3 is 9.47 Å². The lowest BCUT2D eigenvalue weighted by molar-refractivity contribution is 0.113. The molecule has 0 bridgehead atoms. The number of imidazole rings is 1. The smallest absolute Gasteiger partial charge is 0.127 e. The van der Waals surface area contributed by atoms with Gasteiger partial charge in [0.15, 0.2) is 0 Å². The minimum atomic E-state index is 0.375. The monoisotopic (exact) mass is 314 g/mol. The largest absolute Gasteiger partial charge is 0.326 e. The molecule has 0 spiro atoms. The molecular weight excluding hydrogens is 284 g/mol. The molecule has 4 nitrogen and oxygen atoms in total. The van der Waals surface area contributed by atoms with E-state index in [1.807, 2.05) is 0 Å². The van der Waals surface area contributed by atoms with Crippen LogP contribution in [0.3, 0.4) is 0 Å². The average molecular weight is 314 g/mol. The molecule has 1 saturated heterocycles. The second-order valence-electron chi connectivity index (χ2n) is 7.10. The lowest BCUT2D eigenvalue weighted by Gasteiger charge is -2.36. The van der Waals surface area contributed by atoms with Crippen LogP contribution < -0.4 is 0 Å². The number of nitrogens with zero attached hydrogens (tertiary/aromatic N) is 4. The molecule has 2 unspecified atom stereocenters. The molecule has 2 heterocycles. The zero-order valence-electron chi connectivity index (χ0n) is 15.0. The zero-order chi connectivity index (χ0) is 16.4. The van der Waals surface area contributed by atoms with Gasteiger partial charge in [-0.15, -0.1) is 0 Å². The number of hydrogen-bond donors (Lipinski definition) is 0. The van der Waals surface area contributed by atoms with E-state index in [2.05, 4.69) is 66.5 Å². The van der Waals surface area contributed by atoms with Gasteiger partial charge in [-0.2, -0.15) is 0 Å². The van der Waals surface area contributed by atoms with Crippen LogP contribution in [0.25, 0.3) is 11.0 Å². The number of benzene rings is 1. The van der Waals surface area contributed by atoms with Crippen LogP contribution in [0.2, 0.25) is 0 Å². The highest BCUT2D eigenvalue weighted by Crippen LogP contribution is 2.26. The van der Waals surface area contributed by atoms with Crippen molar-refractivity contribution in [3.8, 4) is 0 Å². The Hall–Kier alpha value is -1.39. The molecular formula is C19H30N4. The Morgan fingerprint density at radius 2 is 1.78 bits per heavy atom. The van der Waals surface area contributed by atoms with Crippen molar-refractivity contribution in [2.24, 2.45) is 5.92 Å². The SMILES string of the molecule is CCC(C)Cn1c(C(C)N2CCN(C)CC2)nc2ccccc21. The minimum Gasteiger partial charge on any atom is -0.326 e. The molecule has 0 saturated carbocycles. The van der Waals surface area contributed by atoms with E-state index in [1.165, 1.54) is 17.8 Å². The maximum atomic E-state index is 5.00. The molecule has 0 N–H and O–H groups in total. The standard InChI is InChI=1S/C19H30N4/c1-5-15(2)14-23-18-9-7-6-8-17(18)20-19(23)16(3)22-12-10-21(4)11-13-22/h6-9,15-16H,5,10-14H2,1-4H3. The Morgan fingerprint density at radius 1 is 1.09 bits per heavy atom. The molecule has 1 fully saturated rings. The number of likely N-dealkylation sites (N-methyl/N-ethyl adjacent to an activating group) is 1. The topological polar surface area (TPSA) is 24.3 Å². The third-order valence-electron chi connectivity index (χ3n) is 5.33. The number of fused-ring (bicyclic) bond motifs is 1. The Kier molecular flexibility index (Phi) is 5.02. The van der Waals surface area contributed by atoms with Crippen molar-refractivity contribution in [2.75, 3.05) is 33.2 Å². The predicted octanol–water partition coefficient (Wildman–Crippen LogP) is 3.39. The molecule has 1 aliphatic heterocycles. The summed E-state index contributed by atoms with van der Waals surface area (Å²) in [5, 5.41) is 0. The number of rotatable bonds is 5. The average Bonchev–Trinajstić information content (AvgIpc) is 2.93. The highest BCUT2D eigenvalue weighted by atomic mass is 15.3. The van der Waals surface area contributed by atoms with Gasteiger partial charge in [0.1, 0.15) is 5.82 Å². The Bertz CT molecular complexity index is 640. The van der Waals surface area contributed by atoms with Crippen LogP contribution in [0.15, 0.2) is 24.3 Å². The number of para-hydroxylation sites is 2. The highest BCUT2D eigenvalue weighted by molar-refractivity contribution is 5.76. The van der Waals surface area contributed by atoms with E-state index in [0.717, 1.165) is 38.2 Å². The summed E-state index contributed by atoms with van der Waals surface area (Å²) in [5.74, 6) is 1.90. The van der Waals surface area contributed by atoms with Gasteiger partial charge in [0, 0.05) is 32.7 Å². The summed E-state index contributed by atoms with van der Waals surface area (Å²) >= 11 is 0. The van der Waals surface area contributed by atoms with Crippen molar-refractivity contribution in [3.63, 3.8) is 0 Å². The Balaban J connectivity index is 1.93. The van der Waals surface area contributed by atoms with E-state index in [0.29, 0.717) is 12.0 Å². The van der Waals surface area contributed by atoms with Crippen LogP contribution in [0.5, 0.6) is 0 Å². The maximum absolute atomic E-state index is 5.00. The first-order chi connectivity index (χ1) is 11.1. The van der Waals surface area contributed by atoms with E-state index in [9.17, 15) is 0 Å². The van der Waals surface area contributed by atoms with Crippen LogP contribution in [0, 0.1) is 5.92 Å². The van der Waals surface area contributed by atoms with Crippen molar-refractivity contribution in [3.05, 3.63) is 30.1 Å². The first kappa shape index (κ1) is 16.5. The van der Waals surface area contributed by atoms with Gasteiger partial charge in [-0.05, 0) is 32.0 Å². The van der Waals surface area contributed by atoms with Crippen molar-refractivity contribution in [2.45, 2.75) is 39.8 Å². The Morgan fingerprint density at radius 3 is 2.48 bits per heavy atom. The van der Waals surface area contributed by atoms with Gasteiger partial charge in [0.25, 0.3) is 0 Å². The lowest BCUT2D eigenvalue weighted by Crippen LogP contribution is -2.45. The molecule has 1 aromatic carbocycles. The van der Waals surface area contributed by atoms with E-state index in [4.69, 9.17) is 4.98 Å². The van der Waals surface area contributed by atoms with Crippen LogP contribution in [0.4, 0.5) is 0 Å². The van der Waals surface area contributed by atoms with E-state index in [1.54, 1.807) is 0 Å². The van der Waals surface area contributed by atoms with Crippen LogP contribution in [-0.2, 0) is 6.54 Å². The van der Waals surface area contributed by atoms with Crippen LogP contribution in [-0.4, -0.2) is 52.6 Å². The second-order valence-corrected chi connectivity index (χ2v) is 7.10. The normalized spacial score (nSPS) is 20.0. The van der Waals surface area contributed by atoms with Crippen LogP contribution >= 0.6 is 0 Å². The van der Waals surface area contributed by atoms with Gasteiger partial charge in [0.2, 0.25) is 0 Å². The Labute approximate surface area is 140 Å². The van der Waals surface area contributed by atoms with Crippen molar-refractivity contribution >= 4 is 11.0 Å². The van der Waals surface area contributed by atoms with Gasteiger partial charge in [-0.3, -0.25) is 4.90 Å². The molecule has 0 aliphatic carbocycles. The van der Waals surface area contributed by atoms with Crippen molar-refractivity contribution < 1.29 is 0 Å². The molecule has 1 aliphatic rings. The van der Waals surface area contributed by atoms with Gasteiger partial charge in [-0.1, -0.05) is 32.4 Å². The molecule has 4 heteroatoms. The van der Waals surface area contributed by atoms with Gasteiger partial charge in [0.05, 0.1) is 17.1 Å². The summed E-state index contributed by atoms with van der Waals surface area (Å²) in [7, 11) is 2.21. The summed E-state index contributed by atoms with van der Waals surface area (Å²) in [5.41, 5.74) is 2.41. The lowest BCUT2D eigenvalue weighted by atomic mass is 10.1. The summed E-state index contributed by atoms with van der Waals surface area (Å²) in [6.07, 6.45) is 1.20. The first-order valence-corrected chi connectivity index (χ1v) is 8.98. The summed E-state index contributed by atoms with van der Waals surface area (Å²) in [6, 6.07) is 8.95. The molecule has 23 heavy (non-hydrogen) atoms. The minimum absolute atomic E-state index is 0.375. The predicted molar refractivity (Wildman–Crippen MR) is 96.7 cm³/mol. The molecule has 3 rings (SSSR count). The fraction of sp³-hybridized carbons (Fsp3) is 0.632. The summed E-state index contributed by atoms with van der Waals surface area (Å²) in [6.45, 7) is 12.5. The maximum Gasteiger partial charge on any atom is 0.127 e. The van der Waals surface area contributed by atoms with E-state index in [-0.39, 0.29) is 0 Å². The van der Waals surface area contributed by atoms with Crippen molar-refractivity contribution in [1.29, 1.82) is 0 Å². The third-order valence-corrected chi connectivity index (χ3v) is 5.33. The first-order valence-electron chi connectivity index (χ1n) is 8.98. The highest BCUT2D eigenvalue weighted by Gasteiger charge is 2.25. The van der Waals surface area contributed by atoms with E-state index >= 15 is 0 Å². The zero-order valence-corrected chi connectivity index (χ0v) is 15.0. The van der Waals surface area contributed by atoms with E-state index < -0.39 is 0 Å². The summed E-state index contributed by atoms with van der Waals surface area (Å²) in [4.78, 5) is 9.99. The summed E-state index contributed by atoms with van der Waals surface area (Å²) < 4.78 is 2.46. The quantitative estimate of drug-likeness (QED) is 0.845. The molecule has 2 atom stereocenters.